The number of rotatable bonds is 3. The Kier molecular flexibility index (Phi) is 5.73. The summed E-state index contributed by atoms with van der Waals surface area (Å²) in [5, 5.41) is 3.06. The van der Waals surface area contributed by atoms with Gasteiger partial charge in [0.2, 0.25) is 0 Å². The molecular weight excluding hydrogens is 302 g/mol. The second-order valence-corrected chi connectivity index (χ2v) is 8.26. The van der Waals surface area contributed by atoms with Crippen LogP contribution in [0, 0.1) is 11.8 Å². The number of nitrogen functional groups attached to an aromatic ring is 1. The van der Waals surface area contributed by atoms with Crippen molar-refractivity contribution in [1.29, 1.82) is 0 Å². The Morgan fingerprint density at radius 3 is 2.62 bits per heavy atom. The van der Waals surface area contributed by atoms with Crippen molar-refractivity contribution in [1.82, 2.24) is 10.3 Å². The summed E-state index contributed by atoms with van der Waals surface area (Å²) in [5.74, 6) is 1.46. The standard InChI is InChI=1S/C19H31N3O2/c1-12(2)13-8-14(16-6-7-21-11-17(16)20)10-15(9-13)22-18(23)24-19(3,4)5/h6-7,11-15H,8-10,20H2,1-5H3,(H,22,23)/t13-,14+,15-/m0/s1. The molecule has 0 saturated heterocycles. The van der Waals surface area contributed by atoms with Crippen LogP contribution in [0.2, 0.25) is 0 Å². The monoisotopic (exact) mass is 333 g/mol. The number of nitrogens with two attached hydrogens (primary N) is 1. The average Bonchev–Trinajstić information content (AvgIpc) is 2.45. The fourth-order valence-electron chi connectivity index (χ4n) is 3.54. The summed E-state index contributed by atoms with van der Waals surface area (Å²) in [6, 6.07) is 2.12. The molecule has 1 amide bonds. The van der Waals surface area contributed by atoms with Crippen LogP contribution < -0.4 is 11.1 Å². The van der Waals surface area contributed by atoms with Gasteiger partial charge in [-0.25, -0.2) is 4.79 Å². The molecule has 24 heavy (non-hydrogen) atoms. The van der Waals surface area contributed by atoms with Gasteiger partial charge in [0.25, 0.3) is 0 Å². The van der Waals surface area contributed by atoms with Gasteiger partial charge in [-0.05, 0) is 69.4 Å². The molecule has 134 valence electrons. The molecule has 5 heteroatoms. The van der Waals surface area contributed by atoms with Gasteiger partial charge in [-0.3, -0.25) is 4.98 Å². The highest BCUT2D eigenvalue weighted by atomic mass is 16.6. The van der Waals surface area contributed by atoms with Gasteiger partial charge < -0.3 is 15.8 Å². The number of pyridine rings is 1. The molecule has 0 spiro atoms. The van der Waals surface area contributed by atoms with Crippen molar-refractivity contribution in [2.24, 2.45) is 11.8 Å². The van der Waals surface area contributed by atoms with Gasteiger partial charge in [-0.2, -0.15) is 0 Å². The molecule has 0 aliphatic heterocycles. The fraction of sp³-hybridized carbons (Fsp3) is 0.684. The van der Waals surface area contributed by atoms with E-state index < -0.39 is 5.60 Å². The van der Waals surface area contributed by atoms with Crippen LogP contribution in [0.15, 0.2) is 18.5 Å². The van der Waals surface area contributed by atoms with Gasteiger partial charge in [0.15, 0.2) is 0 Å². The Morgan fingerprint density at radius 2 is 2.04 bits per heavy atom. The number of nitrogens with one attached hydrogen (secondary N) is 1. The maximum absolute atomic E-state index is 12.1. The Balaban J connectivity index is 2.11. The molecule has 0 aromatic carbocycles. The molecule has 0 radical (unpaired) electrons. The Hall–Kier alpha value is -1.78. The van der Waals surface area contributed by atoms with Crippen molar-refractivity contribution in [2.75, 3.05) is 5.73 Å². The van der Waals surface area contributed by atoms with Gasteiger partial charge in [0, 0.05) is 12.2 Å². The predicted octanol–water partition coefficient (Wildman–Crippen LogP) is 4.10. The largest absolute Gasteiger partial charge is 0.444 e. The summed E-state index contributed by atoms with van der Waals surface area (Å²) >= 11 is 0. The maximum atomic E-state index is 12.1. The van der Waals surface area contributed by atoms with E-state index in [0.717, 1.165) is 30.5 Å². The topological polar surface area (TPSA) is 77.2 Å². The van der Waals surface area contributed by atoms with Crippen molar-refractivity contribution in [3.8, 4) is 0 Å². The van der Waals surface area contributed by atoms with Gasteiger partial charge >= 0.3 is 6.09 Å². The minimum atomic E-state index is -0.481. The molecule has 1 aromatic rings. The SMILES string of the molecule is CC(C)[C@@H]1C[C@H](NC(=O)OC(C)(C)C)C[C@H](c2ccncc2N)C1. The molecule has 0 bridgehead atoms. The minimum Gasteiger partial charge on any atom is -0.444 e. The predicted molar refractivity (Wildman–Crippen MR) is 96.7 cm³/mol. The van der Waals surface area contributed by atoms with Gasteiger partial charge in [0.05, 0.1) is 11.9 Å². The number of anilines is 1. The Labute approximate surface area is 145 Å². The van der Waals surface area contributed by atoms with E-state index in [-0.39, 0.29) is 12.1 Å². The van der Waals surface area contributed by atoms with E-state index in [1.807, 2.05) is 26.8 Å². The van der Waals surface area contributed by atoms with Crippen LogP contribution in [0.3, 0.4) is 0 Å². The van der Waals surface area contributed by atoms with Crippen molar-refractivity contribution >= 4 is 11.8 Å². The van der Waals surface area contributed by atoms with E-state index in [1.54, 1.807) is 12.4 Å². The number of carbonyl (C=O) groups excluding carboxylic acids is 1. The minimum absolute atomic E-state index is 0.110. The second kappa shape index (κ2) is 7.41. The van der Waals surface area contributed by atoms with Gasteiger partial charge in [0.1, 0.15) is 5.60 Å². The first-order valence-electron chi connectivity index (χ1n) is 8.84. The molecule has 3 N–H and O–H groups in total. The first-order chi connectivity index (χ1) is 11.2. The Morgan fingerprint density at radius 1 is 1.33 bits per heavy atom. The summed E-state index contributed by atoms with van der Waals surface area (Å²) in [4.78, 5) is 16.2. The van der Waals surface area contributed by atoms with Crippen LogP contribution in [0.1, 0.15) is 65.4 Å². The maximum Gasteiger partial charge on any atom is 0.407 e. The molecule has 1 saturated carbocycles. The summed E-state index contributed by atoms with van der Waals surface area (Å²) in [5.41, 5.74) is 7.53. The zero-order chi connectivity index (χ0) is 17.9. The molecule has 1 heterocycles. The first-order valence-corrected chi connectivity index (χ1v) is 8.84. The van der Waals surface area contributed by atoms with E-state index in [0.29, 0.717) is 17.8 Å². The van der Waals surface area contributed by atoms with Crippen molar-refractivity contribution in [3.63, 3.8) is 0 Å². The number of carbonyl (C=O) groups is 1. The molecule has 1 aromatic heterocycles. The number of nitrogens with zero attached hydrogens (tertiary/aromatic N) is 1. The van der Waals surface area contributed by atoms with E-state index in [2.05, 4.69) is 24.1 Å². The van der Waals surface area contributed by atoms with Crippen LogP contribution in [-0.2, 0) is 4.74 Å². The number of hydrogen-bond donors (Lipinski definition) is 2. The number of alkyl carbamates (subject to hydrolysis) is 1. The zero-order valence-corrected chi connectivity index (χ0v) is 15.5. The lowest BCUT2D eigenvalue weighted by atomic mass is 9.71. The lowest BCUT2D eigenvalue weighted by molar-refractivity contribution is 0.0473. The highest BCUT2D eigenvalue weighted by molar-refractivity contribution is 5.68. The number of ether oxygens (including phenoxy) is 1. The highest BCUT2D eigenvalue weighted by Crippen LogP contribution is 2.41. The molecule has 3 atom stereocenters. The summed E-state index contributed by atoms with van der Waals surface area (Å²) < 4.78 is 5.42. The smallest absolute Gasteiger partial charge is 0.407 e. The number of hydrogen-bond acceptors (Lipinski definition) is 4. The first kappa shape index (κ1) is 18.6. The van der Waals surface area contributed by atoms with E-state index in [9.17, 15) is 4.79 Å². The highest BCUT2D eigenvalue weighted by Gasteiger charge is 2.33. The quantitative estimate of drug-likeness (QED) is 0.873. The van der Waals surface area contributed by atoms with Crippen LogP contribution >= 0.6 is 0 Å². The summed E-state index contributed by atoms with van der Waals surface area (Å²) in [6.45, 7) is 10.1. The summed E-state index contributed by atoms with van der Waals surface area (Å²) in [6.07, 6.45) is 6.14. The number of aromatic nitrogens is 1. The van der Waals surface area contributed by atoms with Crippen molar-refractivity contribution in [2.45, 2.75) is 71.4 Å². The van der Waals surface area contributed by atoms with Crippen LogP contribution in [-0.4, -0.2) is 22.7 Å². The second-order valence-electron chi connectivity index (χ2n) is 8.26. The lowest BCUT2D eigenvalue weighted by Gasteiger charge is -2.38. The molecule has 0 unspecified atom stereocenters. The normalized spacial score (nSPS) is 24.7. The third-order valence-corrected chi connectivity index (χ3v) is 4.73. The third-order valence-electron chi connectivity index (χ3n) is 4.73. The molecule has 2 rings (SSSR count). The molecular formula is C19H31N3O2. The molecule has 1 fully saturated rings. The Bertz CT molecular complexity index is 566. The van der Waals surface area contributed by atoms with E-state index in [4.69, 9.17) is 10.5 Å². The molecule has 1 aliphatic carbocycles. The fourth-order valence-corrected chi connectivity index (χ4v) is 3.54. The van der Waals surface area contributed by atoms with Crippen molar-refractivity contribution < 1.29 is 9.53 Å². The summed E-state index contributed by atoms with van der Waals surface area (Å²) in [7, 11) is 0. The molecule has 1 aliphatic rings. The van der Waals surface area contributed by atoms with Crippen LogP contribution in [0.5, 0.6) is 0 Å². The van der Waals surface area contributed by atoms with Gasteiger partial charge in [-0.1, -0.05) is 13.8 Å². The van der Waals surface area contributed by atoms with E-state index in [1.165, 1.54) is 0 Å². The number of amides is 1. The van der Waals surface area contributed by atoms with Gasteiger partial charge in [-0.15, -0.1) is 0 Å². The van der Waals surface area contributed by atoms with Crippen molar-refractivity contribution in [3.05, 3.63) is 24.0 Å². The average molecular weight is 333 g/mol. The zero-order valence-electron chi connectivity index (χ0n) is 15.5. The third kappa shape index (κ3) is 5.11. The van der Waals surface area contributed by atoms with E-state index >= 15 is 0 Å². The van der Waals surface area contributed by atoms with Crippen LogP contribution in [0.4, 0.5) is 10.5 Å². The molecule has 5 nitrogen and oxygen atoms in total. The van der Waals surface area contributed by atoms with Crippen LogP contribution in [0.25, 0.3) is 0 Å². The lowest BCUT2D eigenvalue weighted by Crippen LogP contribution is -2.43.